The molecule has 3 rings (SSSR count). The van der Waals surface area contributed by atoms with Gasteiger partial charge in [0.05, 0.1) is 31.5 Å². The highest BCUT2D eigenvalue weighted by Crippen LogP contribution is 2.25. The molecule has 0 atom stereocenters. The summed E-state index contributed by atoms with van der Waals surface area (Å²) in [5, 5.41) is 0. The van der Waals surface area contributed by atoms with Crippen LogP contribution in [0.1, 0.15) is 29.7 Å². The first-order chi connectivity index (χ1) is 16.0. The molecule has 0 aliphatic carbocycles. The Kier molecular flexibility index (Phi) is 8.75. The Labute approximate surface area is 193 Å². The minimum Gasteiger partial charge on any atom is -0.495 e. The van der Waals surface area contributed by atoms with Gasteiger partial charge in [-0.05, 0) is 67.7 Å². The summed E-state index contributed by atoms with van der Waals surface area (Å²) in [6, 6.07) is 11.9. The molecule has 0 N–H and O–H groups in total. The van der Waals surface area contributed by atoms with E-state index < -0.39 is 6.67 Å². The van der Waals surface area contributed by atoms with Crippen LogP contribution in [0.25, 0.3) is 11.8 Å². The molecule has 1 heterocycles. The fourth-order valence-electron chi connectivity index (χ4n) is 3.48. The first-order valence-electron chi connectivity index (χ1n) is 11.0. The molecule has 0 bridgehead atoms. The van der Waals surface area contributed by atoms with Crippen LogP contribution in [0.5, 0.6) is 5.75 Å². The summed E-state index contributed by atoms with van der Waals surface area (Å²) >= 11 is 0. The van der Waals surface area contributed by atoms with Gasteiger partial charge < -0.3 is 14.2 Å². The number of hydrogen-bond donors (Lipinski definition) is 0. The number of rotatable bonds is 11. The molecule has 0 fully saturated rings. The molecule has 0 saturated heterocycles. The summed E-state index contributed by atoms with van der Waals surface area (Å²) in [4.78, 5) is 18.8. The van der Waals surface area contributed by atoms with E-state index in [1.54, 1.807) is 36.5 Å². The van der Waals surface area contributed by atoms with Gasteiger partial charge >= 0.3 is 0 Å². The first-order valence-corrected chi connectivity index (χ1v) is 11.0. The number of carbonyl (C=O) groups excluding carboxylic acids is 1. The zero-order valence-electron chi connectivity index (χ0n) is 19.0. The van der Waals surface area contributed by atoms with Crippen molar-refractivity contribution < 1.29 is 18.3 Å². The van der Waals surface area contributed by atoms with Gasteiger partial charge in [0.25, 0.3) is 0 Å². The summed E-state index contributed by atoms with van der Waals surface area (Å²) in [5.41, 5.74) is 3.52. The minimum atomic E-state index is -0.404. The van der Waals surface area contributed by atoms with Crippen LogP contribution in [0.4, 0.5) is 8.78 Å². The van der Waals surface area contributed by atoms with E-state index in [0.29, 0.717) is 38.1 Å². The van der Waals surface area contributed by atoms with E-state index in [1.807, 2.05) is 35.9 Å². The third-order valence-electron chi connectivity index (χ3n) is 5.32. The standard InChI is InChI=1S/C26H29F2N3O2/c1-20-18-31(19-29-20)24-11-7-22(17-25(24)33-2)8-12-26(32)30(15-4-3-14-27)16-13-21-5-9-23(28)10-6-21/h5-12,17-19H,3-4,13-16H2,1-2H3/b12-8+. The largest absolute Gasteiger partial charge is 0.495 e. The van der Waals surface area contributed by atoms with Crippen LogP contribution >= 0.6 is 0 Å². The van der Waals surface area contributed by atoms with Crippen molar-refractivity contribution in [2.75, 3.05) is 26.9 Å². The quantitative estimate of drug-likeness (QED) is 0.298. The molecule has 0 spiro atoms. The molecule has 0 aliphatic heterocycles. The van der Waals surface area contributed by atoms with Crippen molar-refractivity contribution in [1.82, 2.24) is 14.5 Å². The third-order valence-corrected chi connectivity index (χ3v) is 5.32. The Morgan fingerprint density at radius 2 is 1.94 bits per heavy atom. The number of imidazole rings is 1. The number of halogens is 2. The van der Waals surface area contributed by atoms with Gasteiger partial charge in [-0.15, -0.1) is 0 Å². The fraction of sp³-hybridized carbons (Fsp3) is 0.308. The minimum absolute atomic E-state index is 0.149. The van der Waals surface area contributed by atoms with E-state index in [2.05, 4.69) is 4.98 Å². The zero-order chi connectivity index (χ0) is 23.6. The predicted molar refractivity (Wildman–Crippen MR) is 126 cm³/mol. The van der Waals surface area contributed by atoms with E-state index in [9.17, 15) is 13.6 Å². The van der Waals surface area contributed by atoms with E-state index in [4.69, 9.17) is 4.74 Å². The lowest BCUT2D eigenvalue weighted by atomic mass is 10.1. The van der Waals surface area contributed by atoms with Gasteiger partial charge in [0.15, 0.2) is 0 Å². The number of benzene rings is 2. The number of hydrogen-bond acceptors (Lipinski definition) is 3. The highest BCUT2D eigenvalue weighted by molar-refractivity contribution is 5.91. The maximum atomic E-state index is 13.1. The van der Waals surface area contributed by atoms with Crippen LogP contribution < -0.4 is 4.74 Å². The van der Waals surface area contributed by atoms with Crippen molar-refractivity contribution in [1.29, 1.82) is 0 Å². The fourth-order valence-corrected chi connectivity index (χ4v) is 3.48. The third kappa shape index (κ3) is 7.00. The SMILES string of the molecule is COc1cc(/C=C/C(=O)N(CCCCF)CCc2ccc(F)cc2)ccc1-n1cnc(C)c1. The number of amides is 1. The second-order valence-electron chi connectivity index (χ2n) is 7.78. The van der Waals surface area contributed by atoms with Crippen LogP contribution in [0.15, 0.2) is 61.1 Å². The molecule has 174 valence electrons. The predicted octanol–water partition coefficient (Wildman–Crippen LogP) is 5.16. The molecule has 0 aliphatic rings. The van der Waals surface area contributed by atoms with E-state index >= 15 is 0 Å². The molecule has 2 aromatic carbocycles. The first kappa shape index (κ1) is 24.2. The number of carbonyl (C=O) groups is 1. The van der Waals surface area contributed by atoms with E-state index in [0.717, 1.165) is 22.5 Å². The normalized spacial score (nSPS) is 11.2. The Bertz CT molecular complexity index is 1080. The molecule has 0 saturated carbocycles. The maximum absolute atomic E-state index is 13.1. The lowest BCUT2D eigenvalue weighted by Gasteiger charge is -2.21. The highest BCUT2D eigenvalue weighted by atomic mass is 19.1. The van der Waals surface area contributed by atoms with Gasteiger partial charge in [0, 0.05) is 25.4 Å². The van der Waals surface area contributed by atoms with Crippen molar-refractivity contribution in [3.63, 3.8) is 0 Å². The van der Waals surface area contributed by atoms with Gasteiger partial charge in [0.2, 0.25) is 5.91 Å². The Morgan fingerprint density at radius 1 is 1.15 bits per heavy atom. The van der Waals surface area contributed by atoms with Crippen LogP contribution in [-0.4, -0.2) is 47.2 Å². The van der Waals surface area contributed by atoms with Crippen LogP contribution in [0, 0.1) is 12.7 Å². The van der Waals surface area contributed by atoms with Gasteiger partial charge in [-0.3, -0.25) is 9.18 Å². The second-order valence-corrected chi connectivity index (χ2v) is 7.78. The summed E-state index contributed by atoms with van der Waals surface area (Å²) in [7, 11) is 1.60. The average molecular weight is 454 g/mol. The number of aryl methyl sites for hydroxylation is 1. The van der Waals surface area contributed by atoms with Crippen molar-refractivity contribution in [3.05, 3.63) is 83.7 Å². The number of nitrogens with zero attached hydrogens (tertiary/aromatic N) is 3. The Balaban J connectivity index is 1.70. The van der Waals surface area contributed by atoms with E-state index in [-0.39, 0.29) is 11.7 Å². The molecule has 0 radical (unpaired) electrons. The topological polar surface area (TPSA) is 47.4 Å². The Morgan fingerprint density at radius 3 is 2.61 bits per heavy atom. The van der Waals surface area contributed by atoms with Crippen molar-refractivity contribution in [3.8, 4) is 11.4 Å². The number of methoxy groups -OCH3 is 1. The van der Waals surface area contributed by atoms with E-state index in [1.165, 1.54) is 18.2 Å². The van der Waals surface area contributed by atoms with Crippen LogP contribution in [0.3, 0.4) is 0 Å². The molecule has 33 heavy (non-hydrogen) atoms. The molecule has 0 unspecified atom stereocenters. The number of ether oxygens (including phenoxy) is 1. The number of unbranched alkanes of at least 4 members (excludes halogenated alkanes) is 1. The molecular formula is C26H29F2N3O2. The van der Waals surface area contributed by atoms with Crippen molar-refractivity contribution >= 4 is 12.0 Å². The lowest BCUT2D eigenvalue weighted by molar-refractivity contribution is -0.126. The van der Waals surface area contributed by atoms with Gasteiger partial charge in [0.1, 0.15) is 11.6 Å². The molecule has 3 aromatic rings. The lowest BCUT2D eigenvalue weighted by Crippen LogP contribution is -2.32. The molecule has 1 amide bonds. The second kappa shape index (κ2) is 11.9. The van der Waals surface area contributed by atoms with Crippen LogP contribution in [-0.2, 0) is 11.2 Å². The Hall–Kier alpha value is -3.48. The molecular weight excluding hydrogens is 424 g/mol. The summed E-state index contributed by atoms with van der Waals surface area (Å²) in [5.74, 6) is 0.226. The summed E-state index contributed by atoms with van der Waals surface area (Å²) in [6.07, 6.45) is 8.50. The zero-order valence-corrected chi connectivity index (χ0v) is 19.0. The van der Waals surface area contributed by atoms with Crippen LogP contribution in [0.2, 0.25) is 0 Å². The van der Waals surface area contributed by atoms with Gasteiger partial charge in [-0.1, -0.05) is 18.2 Å². The summed E-state index contributed by atoms with van der Waals surface area (Å²) < 4.78 is 33.1. The monoisotopic (exact) mass is 453 g/mol. The number of aromatic nitrogens is 2. The van der Waals surface area contributed by atoms with Gasteiger partial charge in [-0.25, -0.2) is 9.37 Å². The number of alkyl halides is 1. The summed E-state index contributed by atoms with van der Waals surface area (Å²) in [6.45, 7) is 2.46. The average Bonchev–Trinajstić information content (AvgIpc) is 3.26. The van der Waals surface area contributed by atoms with Crippen molar-refractivity contribution in [2.24, 2.45) is 0 Å². The highest BCUT2D eigenvalue weighted by Gasteiger charge is 2.12. The molecule has 1 aromatic heterocycles. The van der Waals surface area contributed by atoms with Gasteiger partial charge in [-0.2, -0.15) is 0 Å². The molecule has 7 heteroatoms. The smallest absolute Gasteiger partial charge is 0.246 e. The van der Waals surface area contributed by atoms with Crippen molar-refractivity contribution in [2.45, 2.75) is 26.2 Å². The maximum Gasteiger partial charge on any atom is 0.246 e. The molecule has 5 nitrogen and oxygen atoms in total.